The van der Waals surface area contributed by atoms with Gasteiger partial charge in [0.2, 0.25) is 0 Å². The molecule has 2 heterocycles. The Bertz CT molecular complexity index is 650. The lowest BCUT2D eigenvalue weighted by Gasteiger charge is -2.45. The molecular weight excluding hydrogens is 452 g/mol. The molecule has 4 nitrogen and oxygen atoms in total. The van der Waals surface area contributed by atoms with Crippen molar-refractivity contribution in [1.82, 2.24) is 9.80 Å². The van der Waals surface area contributed by atoms with Gasteiger partial charge in [-0.3, -0.25) is 9.59 Å². The molecule has 4 unspecified atom stereocenters. The Morgan fingerprint density at radius 1 is 0.562 bits per heavy atom. The number of nitrogens with zero attached hydrogens (tertiary/aromatic N) is 2. The fraction of sp³-hybridized carbons (Fsp3) is 0.900. The van der Waals surface area contributed by atoms with Crippen molar-refractivity contribution in [2.24, 2.45) is 0 Å². The van der Waals surface area contributed by atoms with Gasteiger partial charge in [0.25, 0.3) is 11.8 Å². The number of hydrogen-bond acceptors (Lipinski definition) is 2. The molecule has 0 aromatic carbocycles. The van der Waals surface area contributed by atoms with E-state index in [0.717, 1.165) is 0 Å². The summed E-state index contributed by atoms with van der Waals surface area (Å²) in [4.78, 5) is 25.2. The van der Waals surface area contributed by atoms with Crippen LogP contribution in [-0.2, 0) is 9.59 Å². The molecule has 0 spiro atoms. The van der Waals surface area contributed by atoms with Crippen LogP contribution in [0.1, 0.15) is 66.2 Å². The number of carbonyl (C=O) groups excluding carboxylic acids is 2. The molecule has 0 saturated carbocycles. The van der Waals surface area contributed by atoms with Gasteiger partial charge in [-0.15, -0.1) is 0 Å². The van der Waals surface area contributed by atoms with Gasteiger partial charge in [-0.1, -0.05) is 0 Å². The van der Waals surface area contributed by atoms with Gasteiger partial charge in [0.15, 0.2) is 0 Å². The monoisotopic (exact) mass is 480 g/mol. The highest BCUT2D eigenvalue weighted by atomic mass is 19.4. The summed E-state index contributed by atoms with van der Waals surface area (Å²) in [6.07, 6.45) is 1.62. The lowest BCUT2D eigenvalue weighted by molar-refractivity contribution is -0.351. The summed E-state index contributed by atoms with van der Waals surface area (Å²) in [6, 6.07) is -3.89. The molecule has 2 saturated heterocycles. The molecule has 0 aromatic heterocycles. The number of alkyl halides is 8. The highest BCUT2D eigenvalue weighted by Gasteiger charge is 2.85. The molecule has 0 bridgehead atoms. The maximum Gasteiger partial charge on any atom is 0.393 e. The lowest BCUT2D eigenvalue weighted by atomic mass is 9.91. The third-order valence-corrected chi connectivity index (χ3v) is 6.58. The molecule has 4 atom stereocenters. The Labute approximate surface area is 181 Å². The Hall–Kier alpha value is -1.62. The van der Waals surface area contributed by atoms with Crippen LogP contribution in [-0.4, -0.2) is 69.5 Å². The summed E-state index contributed by atoms with van der Waals surface area (Å²) in [5.41, 5.74) is 0. The number of amides is 2. The van der Waals surface area contributed by atoms with E-state index in [4.69, 9.17) is 0 Å². The minimum atomic E-state index is -6.82. The Morgan fingerprint density at radius 3 is 1.00 bits per heavy atom. The quantitative estimate of drug-likeness (QED) is 0.514. The number of likely N-dealkylation sites (tertiary alicyclic amines) is 2. The van der Waals surface area contributed by atoms with E-state index in [1.165, 1.54) is 27.7 Å². The fourth-order valence-corrected chi connectivity index (χ4v) is 4.63. The van der Waals surface area contributed by atoms with Crippen molar-refractivity contribution in [3.05, 3.63) is 0 Å². The zero-order valence-corrected chi connectivity index (χ0v) is 18.3. The molecule has 186 valence electrons. The standard InChI is InChI=1S/C20H28F8N2O2/c1-11-7-5-8-12(2)29(11)15(31)17(21,22)19(25,26)20(27,28)18(23,24)16(32)30-13(3)9-6-10-14(30)4/h11-14H,5-10H2,1-4H3. The molecule has 2 aliphatic heterocycles. The van der Waals surface area contributed by atoms with Gasteiger partial charge in [0.1, 0.15) is 0 Å². The van der Waals surface area contributed by atoms with Crippen molar-refractivity contribution >= 4 is 11.8 Å². The predicted molar refractivity (Wildman–Crippen MR) is 99.0 cm³/mol. The van der Waals surface area contributed by atoms with Gasteiger partial charge < -0.3 is 9.80 Å². The Morgan fingerprint density at radius 2 is 0.781 bits per heavy atom. The van der Waals surface area contributed by atoms with Crippen molar-refractivity contribution < 1.29 is 44.7 Å². The van der Waals surface area contributed by atoms with Crippen molar-refractivity contribution in [3.8, 4) is 0 Å². The predicted octanol–water partition coefficient (Wildman–Crippen LogP) is 5.11. The molecule has 2 amide bonds. The number of hydrogen-bond donors (Lipinski definition) is 0. The summed E-state index contributed by atoms with van der Waals surface area (Å²) in [5, 5.41) is 0. The summed E-state index contributed by atoms with van der Waals surface area (Å²) in [6.45, 7) is 5.10. The van der Waals surface area contributed by atoms with Gasteiger partial charge in [-0.05, 0) is 66.2 Å². The number of carbonyl (C=O) groups is 2. The maximum atomic E-state index is 14.5. The maximum absolute atomic E-state index is 14.5. The molecule has 0 aromatic rings. The first kappa shape index (κ1) is 26.6. The smallest absolute Gasteiger partial charge is 0.332 e. The summed E-state index contributed by atoms with van der Waals surface area (Å²) in [5.74, 6) is -31.3. The van der Waals surface area contributed by atoms with E-state index in [0.29, 0.717) is 22.6 Å². The van der Waals surface area contributed by atoms with E-state index in [1.807, 2.05) is 0 Å². The normalized spacial score (nSPS) is 28.6. The van der Waals surface area contributed by atoms with E-state index >= 15 is 0 Å². The summed E-state index contributed by atoms with van der Waals surface area (Å²) >= 11 is 0. The molecule has 2 rings (SSSR count). The molecule has 2 fully saturated rings. The number of halogens is 8. The number of rotatable bonds is 5. The fourth-order valence-electron chi connectivity index (χ4n) is 4.63. The van der Waals surface area contributed by atoms with E-state index in [-0.39, 0.29) is 25.7 Å². The van der Waals surface area contributed by atoms with Gasteiger partial charge in [0, 0.05) is 24.2 Å². The topological polar surface area (TPSA) is 40.6 Å². The summed E-state index contributed by atoms with van der Waals surface area (Å²) < 4.78 is 116. The second-order valence-corrected chi connectivity index (χ2v) is 8.98. The summed E-state index contributed by atoms with van der Waals surface area (Å²) in [7, 11) is 0. The van der Waals surface area contributed by atoms with Crippen molar-refractivity contribution in [2.45, 2.75) is 114 Å². The SMILES string of the molecule is CC1CCCC(C)N1C(=O)C(F)(F)C(F)(F)C(F)(F)C(F)(F)C(=O)N1C(C)CCCC1C. The second kappa shape index (κ2) is 8.62. The van der Waals surface area contributed by atoms with Crippen LogP contribution in [0.4, 0.5) is 35.1 Å². The Kier molecular flexibility index (Phi) is 7.18. The van der Waals surface area contributed by atoms with E-state index < -0.39 is 59.7 Å². The first-order chi connectivity index (χ1) is 14.4. The van der Waals surface area contributed by atoms with Crippen LogP contribution >= 0.6 is 0 Å². The lowest BCUT2D eigenvalue weighted by Crippen LogP contribution is -2.71. The minimum Gasteiger partial charge on any atom is -0.332 e. The van der Waals surface area contributed by atoms with Gasteiger partial charge in [-0.2, -0.15) is 35.1 Å². The highest BCUT2D eigenvalue weighted by Crippen LogP contribution is 2.54. The van der Waals surface area contributed by atoms with E-state index in [1.54, 1.807) is 0 Å². The molecule has 0 radical (unpaired) electrons. The van der Waals surface area contributed by atoms with Crippen LogP contribution in [0, 0.1) is 0 Å². The van der Waals surface area contributed by atoms with Gasteiger partial charge in [-0.25, -0.2) is 0 Å². The van der Waals surface area contributed by atoms with Crippen LogP contribution in [0.2, 0.25) is 0 Å². The first-order valence-corrected chi connectivity index (χ1v) is 10.6. The zero-order chi connectivity index (χ0) is 24.9. The number of piperidine rings is 2. The Balaban J connectivity index is 2.42. The third-order valence-electron chi connectivity index (χ3n) is 6.58. The van der Waals surface area contributed by atoms with Crippen LogP contribution in [0.15, 0.2) is 0 Å². The molecule has 2 aliphatic rings. The second-order valence-electron chi connectivity index (χ2n) is 8.98. The molecule has 32 heavy (non-hydrogen) atoms. The first-order valence-electron chi connectivity index (χ1n) is 10.6. The van der Waals surface area contributed by atoms with Crippen LogP contribution in [0.5, 0.6) is 0 Å². The van der Waals surface area contributed by atoms with Crippen LogP contribution < -0.4 is 0 Å². The average Bonchev–Trinajstić information content (AvgIpc) is 2.66. The van der Waals surface area contributed by atoms with E-state index in [9.17, 15) is 44.7 Å². The average molecular weight is 480 g/mol. The molecule has 0 N–H and O–H groups in total. The van der Waals surface area contributed by atoms with Crippen LogP contribution in [0.25, 0.3) is 0 Å². The van der Waals surface area contributed by atoms with Gasteiger partial charge >= 0.3 is 23.7 Å². The van der Waals surface area contributed by atoms with Crippen molar-refractivity contribution in [2.75, 3.05) is 0 Å². The van der Waals surface area contributed by atoms with Gasteiger partial charge in [0.05, 0.1) is 0 Å². The minimum absolute atomic E-state index is 0.160. The van der Waals surface area contributed by atoms with Crippen molar-refractivity contribution in [3.63, 3.8) is 0 Å². The van der Waals surface area contributed by atoms with Crippen LogP contribution in [0.3, 0.4) is 0 Å². The highest BCUT2D eigenvalue weighted by molar-refractivity contribution is 5.88. The largest absolute Gasteiger partial charge is 0.393 e. The van der Waals surface area contributed by atoms with Crippen molar-refractivity contribution in [1.29, 1.82) is 0 Å². The third kappa shape index (κ3) is 3.95. The molecular formula is C20H28F8N2O2. The zero-order valence-electron chi connectivity index (χ0n) is 18.3. The molecule has 0 aliphatic carbocycles. The molecule has 12 heteroatoms. The van der Waals surface area contributed by atoms with E-state index in [2.05, 4.69) is 0 Å².